The highest BCUT2D eigenvalue weighted by Crippen LogP contribution is 2.32. The molecule has 3 N–H and O–H groups in total. The Kier molecular flexibility index (Phi) is 7.71. The van der Waals surface area contributed by atoms with Gasteiger partial charge in [0.15, 0.2) is 0 Å². The number of unbranched alkanes of at least 4 members (excludes halogenated alkanes) is 2. The van der Waals surface area contributed by atoms with E-state index in [1.807, 2.05) is 12.1 Å². The van der Waals surface area contributed by atoms with E-state index in [2.05, 4.69) is 68.4 Å². The Morgan fingerprint density at radius 3 is 1.71 bits per heavy atom. The van der Waals surface area contributed by atoms with Crippen LogP contribution in [0.1, 0.15) is 49.8 Å². The number of benzene rings is 3. The lowest BCUT2D eigenvalue weighted by Gasteiger charge is -2.26. The Morgan fingerprint density at radius 2 is 1.19 bits per heavy atom. The molecule has 3 aromatic carbocycles. The number of ether oxygens (including phenoxy) is 2. The van der Waals surface area contributed by atoms with Gasteiger partial charge < -0.3 is 15.2 Å². The molecule has 0 bridgehead atoms. The molecule has 4 nitrogen and oxygen atoms in total. The number of rotatable bonds is 11. The lowest BCUT2D eigenvalue weighted by atomic mass is 9.78. The molecular weight excluding hydrogens is 384 g/mol. The van der Waals surface area contributed by atoms with E-state index in [0.29, 0.717) is 18.8 Å². The molecule has 0 aliphatic carbocycles. The SMILES string of the molecule is CC(C)(c1ccccc1)c1ccc(OCCCCCOc2ccc(C(=N)N)cc2)cc1. The normalized spacial score (nSPS) is 11.2. The van der Waals surface area contributed by atoms with Crippen molar-refractivity contribution >= 4 is 5.84 Å². The van der Waals surface area contributed by atoms with Gasteiger partial charge in [-0.1, -0.05) is 56.3 Å². The summed E-state index contributed by atoms with van der Waals surface area (Å²) in [5, 5.41) is 7.40. The highest BCUT2D eigenvalue weighted by atomic mass is 16.5. The predicted octanol–water partition coefficient (Wildman–Crippen LogP) is 5.92. The van der Waals surface area contributed by atoms with Gasteiger partial charge in [0.2, 0.25) is 0 Å². The first-order valence-electron chi connectivity index (χ1n) is 10.8. The van der Waals surface area contributed by atoms with E-state index in [1.165, 1.54) is 11.1 Å². The minimum absolute atomic E-state index is 0.0355. The van der Waals surface area contributed by atoms with Crippen molar-refractivity contribution < 1.29 is 9.47 Å². The van der Waals surface area contributed by atoms with Crippen LogP contribution in [0.15, 0.2) is 78.9 Å². The number of nitrogens with two attached hydrogens (primary N) is 1. The average Bonchev–Trinajstić information content (AvgIpc) is 2.79. The van der Waals surface area contributed by atoms with Crippen LogP contribution < -0.4 is 15.2 Å². The van der Waals surface area contributed by atoms with E-state index in [1.54, 1.807) is 12.1 Å². The number of hydrogen-bond acceptors (Lipinski definition) is 3. The second kappa shape index (κ2) is 10.7. The Bertz CT molecular complexity index is 949. The molecule has 0 saturated carbocycles. The van der Waals surface area contributed by atoms with E-state index < -0.39 is 0 Å². The molecule has 0 fully saturated rings. The number of nitrogen functional groups attached to an aromatic ring is 1. The Labute approximate surface area is 185 Å². The fourth-order valence-corrected chi connectivity index (χ4v) is 3.48. The van der Waals surface area contributed by atoms with Crippen molar-refractivity contribution in [2.45, 2.75) is 38.5 Å². The molecule has 0 aromatic heterocycles. The first-order chi connectivity index (χ1) is 15.0. The Hall–Kier alpha value is -3.27. The molecule has 0 heterocycles. The molecule has 4 heteroatoms. The molecule has 0 unspecified atom stereocenters. The van der Waals surface area contributed by atoms with Crippen LogP contribution >= 0.6 is 0 Å². The van der Waals surface area contributed by atoms with Gasteiger partial charge in [0.1, 0.15) is 17.3 Å². The summed E-state index contributed by atoms with van der Waals surface area (Å²) < 4.78 is 11.6. The van der Waals surface area contributed by atoms with Gasteiger partial charge in [-0.15, -0.1) is 0 Å². The molecule has 3 rings (SSSR count). The molecule has 0 aliphatic rings. The lowest BCUT2D eigenvalue weighted by molar-refractivity contribution is 0.279. The second-order valence-corrected chi connectivity index (χ2v) is 8.21. The Balaban J connectivity index is 1.35. The highest BCUT2D eigenvalue weighted by Gasteiger charge is 2.22. The smallest absolute Gasteiger partial charge is 0.122 e. The van der Waals surface area contributed by atoms with Crippen LogP contribution in [0, 0.1) is 5.41 Å². The molecule has 0 saturated heterocycles. The maximum absolute atomic E-state index is 7.40. The summed E-state index contributed by atoms with van der Waals surface area (Å²) in [4.78, 5) is 0. The van der Waals surface area contributed by atoms with Gasteiger partial charge >= 0.3 is 0 Å². The van der Waals surface area contributed by atoms with Gasteiger partial charge in [-0.3, -0.25) is 5.41 Å². The summed E-state index contributed by atoms with van der Waals surface area (Å²) in [6.45, 7) is 5.87. The van der Waals surface area contributed by atoms with Gasteiger partial charge in [-0.2, -0.15) is 0 Å². The van der Waals surface area contributed by atoms with Crippen molar-refractivity contribution in [2.24, 2.45) is 5.73 Å². The number of amidine groups is 1. The molecule has 31 heavy (non-hydrogen) atoms. The third-order valence-corrected chi connectivity index (χ3v) is 5.56. The molecule has 0 amide bonds. The zero-order valence-electron chi connectivity index (χ0n) is 18.4. The minimum Gasteiger partial charge on any atom is -0.494 e. The standard InChI is InChI=1S/C27H32N2O2/c1-27(2,22-9-5-3-6-10-22)23-13-17-25(18-14-23)31-20-8-4-7-19-30-24-15-11-21(12-16-24)26(28)29/h3,5-6,9-18H,4,7-8,19-20H2,1-2H3,(H3,28,29). The molecule has 162 valence electrons. The van der Waals surface area contributed by atoms with Crippen LogP contribution in [0.4, 0.5) is 0 Å². The van der Waals surface area contributed by atoms with Crippen molar-refractivity contribution in [1.29, 1.82) is 5.41 Å². The van der Waals surface area contributed by atoms with Crippen LogP contribution in [0.3, 0.4) is 0 Å². The summed E-state index contributed by atoms with van der Waals surface area (Å²) in [6.07, 6.45) is 3.01. The highest BCUT2D eigenvalue weighted by molar-refractivity contribution is 5.94. The zero-order valence-corrected chi connectivity index (χ0v) is 18.4. The van der Waals surface area contributed by atoms with Crippen LogP contribution in [0.2, 0.25) is 0 Å². The number of nitrogens with one attached hydrogen (secondary N) is 1. The summed E-state index contributed by atoms with van der Waals surface area (Å²) in [7, 11) is 0. The molecule has 0 radical (unpaired) electrons. The largest absolute Gasteiger partial charge is 0.494 e. The minimum atomic E-state index is -0.0355. The van der Waals surface area contributed by atoms with Crippen LogP contribution in [-0.4, -0.2) is 19.0 Å². The Morgan fingerprint density at radius 1 is 0.710 bits per heavy atom. The third kappa shape index (κ3) is 6.35. The maximum atomic E-state index is 7.40. The molecule has 0 atom stereocenters. The summed E-state index contributed by atoms with van der Waals surface area (Å²) >= 11 is 0. The number of hydrogen-bond donors (Lipinski definition) is 2. The van der Waals surface area contributed by atoms with Crippen LogP contribution in [-0.2, 0) is 5.41 Å². The topological polar surface area (TPSA) is 68.3 Å². The van der Waals surface area contributed by atoms with Crippen molar-refractivity contribution in [3.8, 4) is 11.5 Å². The first kappa shape index (κ1) is 22.4. The fraction of sp³-hybridized carbons (Fsp3) is 0.296. The lowest BCUT2D eigenvalue weighted by Crippen LogP contribution is -2.18. The quantitative estimate of drug-likeness (QED) is 0.231. The zero-order chi connectivity index (χ0) is 22.1. The van der Waals surface area contributed by atoms with Crippen molar-refractivity contribution in [1.82, 2.24) is 0 Å². The maximum Gasteiger partial charge on any atom is 0.122 e. The average molecular weight is 417 g/mol. The van der Waals surface area contributed by atoms with Gasteiger partial charge in [0.25, 0.3) is 0 Å². The summed E-state index contributed by atoms with van der Waals surface area (Å²) in [6, 6.07) is 26.3. The van der Waals surface area contributed by atoms with Gasteiger partial charge in [-0.25, -0.2) is 0 Å². The van der Waals surface area contributed by atoms with E-state index in [9.17, 15) is 0 Å². The van der Waals surface area contributed by atoms with Gasteiger partial charge in [-0.05, 0) is 66.8 Å². The molecule has 0 spiro atoms. The van der Waals surface area contributed by atoms with E-state index in [-0.39, 0.29) is 11.3 Å². The van der Waals surface area contributed by atoms with Gasteiger partial charge in [0.05, 0.1) is 13.2 Å². The fourth-order valence-electron chi connectivity index (χ4n) is 3.48. The molecular formula is C27H32N2O2. The predicted molar refractivity (Wildman–Crippen MR) is 127 cm³/mol. The van der Waals surface area contributed by atoms with Gasteiger partial charge in [0, 0.05) is 11.0 Å². The van der Waals surface area contributed by atoms with E-state index >= 15 is 0 Å². The second-order valence-electron chi connectivity index (χ2n) is 8.21. The first-order valence-corrected chi connectivity index (χ1v) is 10.8. The van der Waals surface area contributed by atoms with Crippen molar-refractivity contribution in [3.05, 3.63) is 95.6 Å². The van der Waals surface area contributed by atoms with E-state index in [0.717, 1.165) is 30.8 Å². The summed E-state index contributed by atoms with van der Waals surface area (Å²) in [5.74, 6) is 1.79. The van der Waals surface area contributed by atoms with Crippen LogP contribution in [0.25, 0.3) is 0 Å². The van der Waals surface area contributed by atoms with Crippen molar-refractivity contribution in [2.75, 3.05) is 13.2 Å². The van der Waals surface area contributed by atoms with Crippen molar-refractivity contribution in [3.63, 3.8) is 0 Å². The monoisotopic (exact) mass is 416 g/mol. The molecule has 3 aromatic rings. The summed E-state index contributed by atoms with van der Waals surface area (Å²) in [5.41, 5.74) is 8.71. The third-order valence-electron chi connectivity index (χ3n) is 5.56. The van der Waals surface area contributed by atoms with Crippen LogP contribution in [0.5, 0.6) is 11.5 Å². The molecule has 0 aliphatic heterocycles. The van der Waals surface area contributed by atoms with E-state index in [4.69, 9.17) is 20.6 Å².